The lowest BCUT2D eigenvalue weighted by molar-refractivity contribution is 0.0211. The molecule has 66 valence electrons. The first kappa shape index (κ1) is 9.01. The molecular weight excluding hydrogens is 138 g/mol. The molecule has 1 heterocycles. The third-order valence-corrected chi connectivity index (χ3v) is 2.23. The van der Waals surface area contributed by atoms with E-state index in [2.05, 4.69) is 19.2 Å². The number of rotatable bonds is 4. The molecule has 1 aliphatic heterocycles. The normalized spacial score (nSPS) is 31.1. The molecule has 0 aromatic rings. The van der Waals surface area contributed by atoms with Crippen molar-refractivity contribution in [3.05, 3.63) is 0 Å². The minimum atomic E-state index is 0.134. The highest BCUT2D eigenvalue weighted by molar-refractivity contribution is 4.81. The minimum Gasteiger partial charge on any atom is -0.374 e. The maximum Gasteiger partial charge on any atom is 0.0779 e. The van der Waals surface area contributed by atoms with E-state index in [1.54, 1.807) is 0 Å². The summed E-state index contributed by atoms with van der Waals surface area (Å²) < 4.78 is 5.62. The van der Waals surface area contributed by atoms with Gasteiger partial charge in [0.05, 0.1) is 5.60 Å². The van der Waals surface area contributed by atoms with Crippen molar-refractivity contribution in [3.63, 3.8) is 0 Å². The van der Waals surface area contributed by atoms with E-state index in [0.29, 0.717) is 0 Å². The van der Waals surface area contributed by atoms with E-state index in [1.807, 2.05) is 0 Å². The van der Waals surface area contributed by atoms with E-state index in [1.165, 1.54) is 19.3 Å². The molecule has 0 aromatic carbocycles. The van der Waals surface area contributed by atoms with Gasteiger partial charge in [0.2, 0.25) is 0 Å². The predicted octanol–water partition coefficient (Wildman–Crippen LogP) is 1.56. The van der Waals surface area contributed by atoms with E-state index in [0.717, 1.165) is 19.7 Å². The third-order valence-electron chi connectivity index (χ3n) is 2.23. The van der Waals surface area contributed by atoms with Gasteiger partial charge in [0.25, 0.3) is 0 Å². The molecule has 0 spiro atoms. The Balaban J connectivity index is 2.13. The number of nitrogens with one attached hydrogen (secondary N) is 1. The van der Waals surface area contributed by atoms with Gasteiger partial charge in [0.15, 0.2) is 0 Å². The van der Waals surface area contributed by atoms with E-state index in [4.69, 9.17) is 4.74 Å². The molecule has 0 aromatic heterocycles. The van der Waals surface area contributed by atoms with Crippen LogP contribution < -0.4 is 5.32 Å². The fraction of sp³-hybridized carbons (Fsp3) is 1.00. The molecule has 1 aliphatic rings. The summed E-state index contributed by atoms with van der Waals surface area (Å²) in [4.78, 5) is 0. The Bertz CT molecular complexity index is 108. The molecule has 0 amide bonds. The van der Waals surface area contributed by atoms with Crippen LogP contribution in [0.15, 0.2) is 0 Å². The lowest BCUT2D eigenvalue weighted by atomic mass is 10.0. The average molecular weight is 157 g/mol. The first-order valence-electron chi connectivity index (χ1n) is 4.61. The van der Waals surface area contributed by atoms with Gasteiger partial charge < -0.3 is 10.1 Å². The molecule has 1 fully saturated rings. The number of ether oxygens (including phenoxy) is 1. The molecule has 2 nitrogen and oxygen atoms in total. The summed E-state index contributed by atoms with van der Waals surface area (Å²) in [6.45, 7) is 7.46. The molecule has 1 rings (SSSR count). The second-order valence-corrected chi connectivity index (χ2v) is 3.58. The smallest absolute Gasteiger partial charge is 0.0779 e. The molecule has 2 heteroatoms. The summed E-state index contributed by atoms with van der Waals surface area (Å²) >= 11 is 0. The summed E-state index contributed by atoms with van der Waals surface area (Å²) in [6, 6.07) is 0. The van der Waals surface area contributed by atoms with Crippen LogP contribution in [0.2, 0.25) is 0 Å². The summed E-state index contributed by atoms with van der Waals surface area (Å²) in [6.07, 6.45) is 3.64. The van der Waals surface area contributed by atoms with Crippen LogP contribution in [0.4, 0.5) is 0 Å². The van der Waals surface area contributed by atoms with Crippen molar-refractivity contribution in [3.8, 4) is 0 Å². The fourth-order valence-corrected chi connectivity index (χ4v) is 1.51. The summed E-state index contributed by atoms with van der Waals surface area (Å²) in [5.41, 5.74) is 0.134. The van der Waals surface area contributed by atoms with Gasteiger partial charge in [0.1, 0.15) is 0 Å². The van der Waals surface area contributed by atoms with Crippen molar-refractivity contribution >= 4 is 0 Å². The van der Waals surface area contributed by atoms with E-state index in [-0.39, 0.29) is 5.60 Å². The molecule has 1 N–H and O–H groups in total. The van der Waals surface area contributed by atoms with Gasteiger partial charge in [-0.3, -0.25) is 0 Å². The zero-order valence-corrected chi connectivity index (χ0v) is 7.65. The molecule has 1 saturated heterocycles. The quantitative estimate of drug-likeness (QED) is 0.625. The molecule has 0 aliphatic carbocycles. The van der Waals surface area contributed by atoms with Crippen molar-refractivity contribution in [2.45, 2.75) is 38.7 Å². The van der Waals surface area contributed by atoms with Crippen LogP contribution in [0.3, 0.4) is 0 Å². The van der Waals surface area contributed by atoms with Gasteiger partial charge in [-0.15, -0.1) is 0 Å². The van der Waals surface area contributed by atoms with Crippen molar-refractivity contribution in [2.75, 3.05) is 19.7 Å². The SMILES string of the molecule is CCCNCC1(C)CCCO1. The van der Waals surface area contributed by atoms with E-state index >= 15 is 0 Å². The summed E-state index contributed by atoms with van der Waals surface area (Å²) in [7, 11) is 0. The van der Waals surface area contributed by atoms with Gasteiger partial charge in [-0.25, -0.2) is 0 Å². The summed E-state index contributed by atoms with van der Waals surface area (Å²) in [5, 5.41) is 3.39. The lowest BCUT2D eigenvalue weighted by Gasteiger charge is -2.23. The summed E-state index contributed by atoms with van der Waals surface area (Å²) in [5.74, 6) is 0. The standard InChI is InChI=1S/C9H19NO/c1-3-6-10-8-9(2)5-4-7-11-9/h10H,3-8H2,1-2H3. The van der Waals surface area contributed by atoms with E-state index in [9.17, 15) is 0 Å². The lowest BCUT2D eigenvalue weighted by Crippen LogP contribution is -2.37. The van der Waals surface area contributed by atoms with Crippen LogP contribution in [0, 0.1) is 0 Å². The largest absolute Gasteiger partial charge is 0.374 e. The maximum absolute atomic E-state index is 5.62. The fourth-order valence-electron chi connectivity index (χ4n) is 1.51. The first-order valence-corrected chi connectivity index (χ1v) is 4.61. The van der Waals surface area contributed by atoms with Crippen LogP contribution in [0.1, 0.15) is 33.1 Å². The zero-order valence-electron chi connectivity index (χ0n) is 7.65. The Kier molecular flexibility index (Phi) is 3.34. The molecular formula is C9H19NO. The number of hydrogen-bond acceptors (Lipinski definition) is 2. The second kappa shape index (κ2) is 4.07. The second-order valence-electron chi connectivity index (χ2n) is 3.58. The zero-order chi connectivity index (χ0) is 8.16. The first-order chi connectivity index (χ1) is 5.27. The van der Waals surface area contributed by atoms with Crippen molar-refractivity contribution in [1.29, 1.82) is 0 Å². The highest BCUT2D eigenvalue weighted by Gasteiger charge is 2.28. The van der Waals surface area contributed by atoms with Gasteiger partial charge >= 0.3 is 0 Å². The maximum atomic E-state index is 5.62. The van der Waals surface area contributed by atoms with Crippen molar-refractivity contribution in [2.24, 2.45) is 0 Å². The Morgan fingerprint density at radius 3 is 2.91 bits per heavy atom. The molecule has 1 atom stereocenters. The topological polar surface area (TPSA) is 21.3 Å². The Hall–Kier alpha value is -0.0800. The molecule has 11 heavy (non-hydrogen) atoms. The molecule has 0 saturated carbocycles. The van der Waals surface area contributed by atoms with Crippen molar-refractivity contribution in [1.82, 2.24) is 5.32 Å². The monoisotopic (exact) mass is 157 g/mol. The van der Waals surface area contributed by atoms with Gasteiger partial charge in [0, 0.05) is 13.2 Å². The minimum absolute atomic E-state index is 0.134. The van der Waals surface area contributed by atoms with Gasteiger partial charge in [-0.1, -0.05) is 6.92 Å². The van der Waals surface area contributed by atoms with Crippen LogP contribution in [0.25, 0.3) is 0 Å². The molecule has 1 unspecified atom stereocenters. The van der Waals surface area contributed by atoms with Crippen LogP contribution >= 0.6 is 0 Å². The Labute approximate surface area is 69.3 Å². The van der Waals surface area contributed by atoms with Gasteiger partial charge in [-0.2, -0.15) is 0 Å². The Morgan fingerprint density at radius 1 is 1.55 bits per heavy atom. The van der Waals surface area contributed by atoms with E-state index < -0.39 is 0 Å². The molecule has 0 bridgehead atoms. The van der Waals surface area contributed by atoms with Crippen LogP contribution in [-0.4, -0.2) is 25.3 Å². The third kappa shape index (κ3) is 2.80. The number of hydrogen-bond donors (Lipinski definition) is 1. The van der Waals surface area contributed by atoms with Crippen molar-refractivity contribution < 1.29 is 4.74 Å². The van der Waals surface area contributed by atoms with Crippen LogP contribution in [0.5, 0.6) is 0 Å². The Morgan fingerprint density at radius 2 is 2.36 bits per heavy atom. The molecule has 0 radical (unpaired) electrons. The van der Waals surface area contributed by atoms with Crippen LogP contribution in [-0.2, 0) is 4.74 Å². The highest BCUT2D eigenvalue weighted by Crippen LogP contribution is 2.23. The van der Waals surface area contributed by atoms with Gasteiger partial charge in [-0.05, 0) is 32.7 Å². The average Bonchev–Trinajstić information content (AvgIpc) is 2.38. The highest BCUT2D eigenvalue weighted by atomic mass is 16.5. The predicted molar refractivity (Wildman–Crippen MR) is 46.8 cm³/mol.